The van der Waals surface area contributed by atoms with Crippen LogP contribution in [0.5, 0.6) is 0 Å². The largest absolute Gasteiger partial charge is 0.340 e. The van der Waals surface area contributed by atoms with Gasteiger partial charge in [0, 0.05) is 44.8 Å². The van der Waals surface area contributed by atoms with Gasteiger partial charge in [0.1, 0.15) is 0 Å². The second-order valence-electron chi connectivity index (χ2n) is 6.27. The first-order chi connectivity index (χ1) is 10.6. The lowest BCUT2D eigenvalue weighted by molar-refractivity contribution is -0.136. The maximum Gasteiger partial charge on any atom is 0.228 e. The fourth-order valence-corrected chi connectivity index (χ4v) is 3.36. The van der Waals surface area contributed by atoms with Crippen LogP contribution in [-0.2, 0) is 9.59 Å². The monoisotopic (exact) mass is 301 g/mol. The first kappa shape index (κ1) is 15.0. The number of aryl methyl sites for hydroxylation is 2. The molecule has 2 heterocycles. The minimum Gasteiger partial charge on any atom is -0.340 e. The SMILES string of the molecule is Cc1ccc(N2CC(C(=O)N3CCNCC3)CC2=O)c(C)c1. The number of nitrogens with one attached hydrogen (secondary N) is 1. The Bertz CT molecular complexity index is 594. The van der Waals surface area contributed by atoms with Gasteiger partial charge in [-0.1, -0.05) is 17.7 Å². The van der Waals surface area contributed by atoms with Gasteiger partial charge in [0.15, 0.2) is 0 Å². The second kappa shape index (κ2) is 6.08. The second-order valence-corrected chi connectivity index (χ2v) is 6.27. The summed E-state index contributed by atoms with van der Waals surface area (Å²) in [5.41, 5.74) is 3.20. The summed E-state index contributed by atoms with van der Waals surface area (Å²) in [7, 11) is 0. The summed E-state index contributed by atoms with van der Waals surface area (Å²) in [6, 6.07) is 6.08. The van der Waals surface area contributed by atoms with E-state index in [1.165, 1.54) is 5.56 Å². The molecule has 0 aromatic heterocycles. The molecule has 5 nitrogen and oxygen atoms in total. The van der Waals surface area contributed by atoms with Crippen molar-refractivity contribution in [2.45, 2.75) is 20.3 Å². The van der Waals surface area contributed by atoms with Gasteiger partial charge < -0.3 is 15.1 Å². The summed E-state index contributed by atoms with van der Waals surface area (Å²) < 4.78 is 0. The van der Waals surface area contributed by atoms with Crippen molar-refractivity contribution in [1.82, 2.24) is 10.2 Å². The van der Waals surface area contributed by atoms with E-state index >= 15 is 0 Å². The predicted octanol–water partition coefficient (Wildman–Crippen LogP) is 1.09. The summed E-state index contributed by atoms with van der Waals surface area (Å²) in [5, 5.41) is 3.25. The van der Waals surface area contributed by atoms with E-state index in [4.69, 9.17) is 0 Å². The minimum absolute atomic E-state index is 0.0560. The number of hydrogen-bond acceptors (Lipinski definition) is 3. The highest BCUT2D eigenvalue weighted by atomic mass is 16.2. The van der Waals surface area contributed by atoms with Gasteiger partial charge in [-0.25, -0.2) is 0 Å². The average Bonchev–Trinajstić information content (AvgIpc) is 2.89. The van der Waals surface area contributed by atoms with Crippen molar-refractivity contribution in [3.63, 3.8) is 0 Å². The number of benzene rings is 1. The number of carbonyl (C=O) groups is 2. The zero-order chi connectivity index (χ0) is 15.7. The molecule has 1 atom stereocenters. The van der Waals surface area contributed by atoms with Crippen LogP contribution in [0.25, 0.3) is 0 Å². The molecule has 0 spiro atoms. The number of amides is 2. The van der Waals surface area contributed by atoms with Gasteiger partial charge in [-0.15, -0.1) is 0 Å². The number of nitrogens with zero attached hydrogens (tertiary/aromatic N) is 2. The van der Waals surface area contributed by atoms with Crippen molar-refractivity contribution >= 4 is 17.5 Å². The van der Waals surface area contributed by atoms with Gasteiger partial charge in [-0.2, -0.15) is 0 Å². The lowest BCUT2D eigenvalue weighted by atomic mass is 10.1. The van der Waals surface area contributed by atoms with Gasteiger partial charge in [-0.05, 0) is 25.5 Å². The Balaban J connectivity index is 1.74. The van der Waals surface area contributed by atoms with Crippen LogP contribution >= 0.6 is 0 Å². The average molecular weight is 301 g/mol. The number of rotatable bonds is 2. The van der Waals surface area contributed by atoms with Gasteiger partial charge in [0.2, 0.25) is 11.8 Å². The van der Waals surface area contributed by atoms with E-state index in [1.807, 2.05) is 30.9 Å². The first-order valence-corrected chi connectivity index (χ1v) is 7.93. The molecule has 118 valence electrons. The van der Waals surface area contributed by atoms with Crippen molar-refractivity contribution in [2.75, 3.05) is 37.6 Å². The van der Waals surface area contributed by atoms with E-state index in [2.05, 4.69) is 11.4 Å². The molecule has 1 aromatic carbocycles. The zero-order valence-corrected chi connectivity index (χ0v) is 13.3. The van der Waals surface area contributed by atoms with Crippen LogP contribution in [-0.4, -0.2) is 49.4 Å². The van der Waals surface area contributed by atoms with E-state index in [1.54, 1.807) is 4.90 Å². The molecule has 1 unspecified atom stereocenters. The van der Waals surface area contributed by atoms with Crippen molar-refractivity contribution in [1.29, 1.82) is 0 Å². The van der Waals surface area contributed by atoms with Gasteiger partial charge in [-0.3, -0.25) is 9.59 Å². The summed E-state index contributed by atoms with van der Waals surface area (Å²) in [6.45, 7) is 7.73. The fourth-order valence-electron chi connectivity index (χ4n) is 3.36. The molecule has 2 amide bonds. The molecule has 2 aliphatic heterocycles. The van der Waals surface area contributed by atoms with Crippen molar-refractivity contribution < 1.29 is 9.59 Å². The van der Waals surface area contributed by atoms with Crippen LogP contribution in [0.2, 0.25) is 0 Å². The van der Waals surface area contributed by atoms with Crippen LogP contribution in [0.15, 0.2) is 18.2 Å². The highest BCUT2D eigenvalue weighted by Gasteiger charge is 2.37. The third kappa shape index (κ3) is 2.86. The molecule has 0 bridgehead atoms. The fraction of sp³-hybridized carbons (Fsp3) is 0.529. The number of anilines is 1. The Morgan fingerprint density at radius 2 is 1.95 bits per heavy atom. The highest BCUT2D eigenvalue weighted by Crippen LogP contribution is 2.29. The Morgan fingerprint density at radius 3 is 2.64 bits per heavy atom. The molecule has 1 N–H and O–H groups in total. The van der Waals surface area contributed by atoms with Crippen molar-refractivity contribution in [3.05, 3.63) is 29.3 Å². The summed E-state index contributed by atoms with van der Waals surface area (Å²) in [5.74, 6) is -0.0196. The summed E-state index contributed by atoms with van der Waals surface area (Å²) in [6.07, 6.45) is 0.329. The lowest BCUT2D eigenvalue weighted by Crippen LogP contribution is -2.48. The normalized spacial score (nSPS) is 22.3. The molecule has 2 fully saturated rings. The molecule has 5 heteroatoms. The molecule has 1 aromatic rings. The molecule has 3 rings (SSSR count). The topological polar surface area (TPSA) is 52.7 Å². The third-order valence-corrected chi connectivity index (χ3v) is 4.55. The van der Waals surface area contributed by atoms with Crippen LogP contribution in [0.1, 0.15) is 17.5 Å². The lowest BCUT2D eigenvalue weighted by Gasteiger charge is -2.29. The Labute approximate surface area is 131 Å². The maximum absolute atomic E-state index is 12.6. The molecule has 0 aliphatic carbocycles. The van der Waals surface area contributed by atoms with Crippen LogP contribution in [0.4, 0.5) is 5.69 Å². The number of piperazine rings is 1. The molecule has 2 saturated heterocycles. The molecule has 0 saturated carbocycles. The van der Waals surface area contributed by atoms with Crippen LogP contribution in [0.3, 0.4) is 0 Å². The first-order valence-electron chi connectivity index (χ1n) is 7.93. The molecule has 22 heavy (non-hydrogen) atoms. The minimum atomic E-state index is -0.202. The smallest absolute Gasteiger partial charge is 0.228 e. The quantitative estimate of drug-likeness (QED) is 0.889. The molecule has 2 aliphatic rings. The maximum atomic E-state index is 12.6. The van der Waals surface area contributed by atoms with Gasteiger partial charge in [0.25, 0.3) is 0 Å². The number of carbonyl (C=O) groups excluding carboxylic acids is 2. The van der Waals surface area contributed by atoms with E-state index in [-0.39, 0.29) is 17.7 Å². The summed E-state index contributed by atoms with van der Waals surface area (Å²) >= 11 is 0. The van der Waals surface area contributed by atoms with E-state index in [0.29, 0.717) is 13.0 Å². The van der Waals surface area contributed by atoms with Crippen LogP contribution in [0, 0.1) is 19.8 Å². The Hall–Kier alpha value is -1.88. The van der Waals surface area contributed by atoms with Crippen molar-refractivity contribution in [2.24, 2.45) is 5.92 Å². The molecular weight excluding hydrogens is 278 g/mol. The molecular formula is C17H23N3O2. The van der Waals surface area contributed by atoms with E-state index < -0.39 is 0 Å². The highest BCUT2D eigenvalue weighted by molar-refractivity contribution is 6.00. The van der Waals surface area contributed by atoms with E-state index in [9.17, 15) is 9.59 Å². The standard InChI is InChI=1S/C17H23N3O2/c1-12-3-4-15(13(2)9-12)20-11-14(10-16(20)21)17(22)19-7-5-18-6-8-19/h3-4,9,14,18H,5-8,10-11H2,1-2H3. The van der Waals surface area contributed by atoms with Crippen molar-refractivity contribution in [3.8, 4) is 0 Å². The predicted molar refractivity (Wildman–Crippen MR) is 85.8 cm³/mol. The van der Waals surface area contributed by atoms with Gasteiger partial charge in [0.05, 0.1) is 5.92 Å². The third-order valence-electron chi connectivity index (χ3n) is 4.55. The van der Waals surface area contributed by atoms with Gasteiger partial charge >= 0.3 is 0 Å². The van der Waals surface area contributed by atoms with E-state index in [0.717, 1.165) is 37.4 Å². The summed E-state index contributed by atoms with van der Waals surface area (Å²) in [4.78, 5) is 28.6. The molecule has 0 radical (unpaired) electrons. The number of hydrogen-bond donors (Lipinski definition) is 1. The Kier molecular flexibility index (Phi) is 4.16. The van der Waals surface area contributed by atoms with Crippen LogP contribution < -0.4 is 10.2 Å². The Morgan fingerprint density at radius 1 is 1.23 bits per heavy atom. The zero-order valence-electron chi connectivity index (χ0n) is 13.3.